The lowest BCUT2D eigenvalue weighted by atomic mass is 10.0. The van der Waals surface area contributed by atoms with E-state index < -0.39 is 0 Å². The van der Waals surface area contributed by atoms with Gasteiger partial charge < -0.3 is 0 Å². The van der Waals surface area contributed by atoms with Gasteiger partial charge in [-0.25, -0.2) is 0 Å². The first-order valence-electron chi connectivity index (χ1n) is 5.32. The van der Waals surface area contributed by atoms with E-state index in [1.807, 2.05) is 32.0 Å². The third-order valence-electron chi connectivity index (χ3n) is 2.65. The zero-order valence-electron chi connectivity index (χ0n) is 9.77. The minimum atomic E-state index is -0.0938. The summed E-state index contributed by atoms with van der Waals surface area (Å²) in [4.78, 5) is 23.4. The first-order chi connectivity index (χ1) is 8.08. The Morgan fingerprint density at radius 2 is 2.12 bits per heavy atom. The van der Waals surface area contributed by atoms with Crippen LogP contribution in [0.25, 0.3) is 0 Å². The summed E-state index contributed by atoms with van der Waals surface area (Å²) in [6, 6.07) is 5.77. The van der Waals surface area contributed by atoms with Crippen molar-refractivity contribution in [3.63, 3.8) is 0 Å². The van der Waals surface area contributed by atoms with E-state index in [0.29, 0.717) is 5.56 Å². The minimum absolute atomic E-state index is 0.0216. The summed E-state index contributed by atoms with van der Waals surface area (Å²) in [6.45, 7) is 3.97. The van der Waals surface area contributed by atoms with Crippen molar-refractivity contribution in [1.82, 2.24) is 4.57 Å². The molecule has 0 aliphatic heterocycles. The molecule has 0 fully saturated rings. The van der Waals surface area contributed by atoms with Crippen LogP contribution >= 0.6 is 11.3 Å². The first-order valence-corrected chi connectivity index (χ1v) is 6.20. The molecule has 17 heavy (non-hydrogen) atoms. The number of hydrogen-bond acceptors (Lipinski definition) is 3. The fourth-order valence-electron chi connectivity index (χ4n) is 1.68. The number of Topliss-reactive ketones (excluding diaryl/α,β-unsaturated/α-hetero) is 1. The van der Waals surface area contributed by atoms with Crippen LogP contribution in [0.2, 0.25) is 0 Å². The van der Waals surface area contributed by atoms with E-state index in [4.69, 9.17) is 0 Å². The molecule has 0 saturated heterocycles. The van der Waals surface area contributed by atoms with E-state index in [1.165, 1.54) is 4.57 Å². The number of benzene rings is 1. The molecule has 0 aliphatic carbocycles. The van der Waals surface area contributed by atoms with Crippen molar-refractivity contribution in [2.45, 2.75) is 20.4 Å². The number of carbonyl (C=O) groups is 1. The fourth-order valence-corrected chi connectivity index (χ4v) is 2.27. The van der Waals surface area contributed by atoms with Crippen molar-refractivity contribution >= 4 is 17.1 Å². The highest BCUT2D eigenvalue weighted by Gasteiger charge is 2.11. The Morgan fingerprint density at radius 1 is 1.35 bits per heavy atom. The molecule has 0 unspecified atom stereocenters. The number of rotatable bonds is 3. The van der Waals surface area contributed by atoms with Gasteiger partial charge in [-0.05, 0) is 25.5 Å². The Morgan fingerprint density at radius 3 is 2.76 bits per heavy atom. The molecule has 0 radical (unpaired) electrons. The van der Waals surface area contributed by atoms with E-state index in [0.717, 1.165) is 22.5 Å². The van der Waals surface area contributed by atoms with Crippen molar-refractivity contribution in [3.8, 4) is 0 Å². The molecule has 0 aliphatic rings. The summed E-state index contributed by atoms with van der Waals surface area (Å²) in [5.74, 6) is -0.0216. The number of thiazole rings is 1. The molecule has 4 heteroatoms. The lowest BCUT2D eigenvalue weighted by Crippen LogP contribution is -2.19. The summed E-state index contributed by atoms with van der Waals surface area (Å²) in [7, 11) is 0. The van der Waals surface area contributed by atoms with Gasteiger partial charge in [-0.15, -0.1) is 0 Å². The molecule has 0 N–H and O–H groups in total. The van der Waals surface area contributed by atoms with Crippen LogP contribution in [-0.4, -0.2) is 10.4 Å². The number of aromatic nitrogens is 1. The molecule has 1 aromatic carbocycles. The fraction of sp³-hybridized carbons (Fsp3) is 0.231. The van der Waals surface area contributed by atoms with E-state index in [-0.39, 0.29) is 17.2 Å². The van der Waals surface area contributed by atoms with Crippen LogP contribution in [0.1, 0.15) is 21.5 Å². The molecular formula is C13H13NO2S. The first kappa shape index (κ1) is 11.8. The molecule has 2 rings (SSSR count). The van der Waals surface area contributed by atoms with Crippen LogP contribution in [0.4, 0.5) is 0 Å². The van der Waals surface area contributed by atoms with E-state index in [2.05, 4.69) is 0 Å². The number of hydrogen-bond donors (Lipinski definition) is 0. The minimum Gasteiger partial charge on any atom is -0.298 e. The van der Waals surface area contributed by atoms with E-state index >= 15 is 0 Å². The number of ketones is 1. The average molecular weight is 247 g/mol. The Labute approximate surface area is 103 Å². The molecule has 0 saturated carbocycles. The standard InChI is InChI=1S/C13H13NO2S/c1-9-3-4-10(2)11(7-9)12(15)8-14-5-6-17-13(14)16/h3-7H,8H2,1-2H3. The average Bonchev–Trinajstić information content (AvgIpc) is 2.68. The highest BCUT2D eigenvalue weighted by atomic mass is 32.1. The van der Waals surface area contributed by atoms with Crippen LogP contribution in [0.15, 0.2) is 34.6 Å². The Bertz CT molecular complexity index is 610. The second-order valence-corrected chi connectivity index (χ2v) is 4.90. The van der Waals surface area contributed by atoms with Crippen molar-refractivity contribution in [1.29, 1.82) is 0 Å². The molecular weight excluding hydrogens is 234 g/mol. The van der Waals surface area contributed by atoms with Gasteiger partial charge >= 0.3 is 4.87 Å². The van der Waals surface area contributed by atoms with Gasteiger partial charge in [0.15, 0.2) is 5.78 Å². The zero-order chi connectivity index (χ0) is 12.4. The van der Waals surface area contributed by atoms with Crippen molar-refractivity contribution in [3.05, 3.63) is 56.1 Å². The van der Waals surface area contributed by atoms with Crippen LogP contribution in [0, 0.1) is 13.8 Å². The summed E-state index contributed by atoms with van der Waals surface area (Å²) in [5, 5.41) is 1.69. The summed E-state index contributed by atoms with van der Waals surface area (Å²) < 4.78 is 1.44. The smallest absolute Gasteiger partial charge is 0.298 e. The molecule has 1 aromatic heterocycles. The van der Waals surface area contributed by atoms with Crippen LogP contribution in [-0.2, 0) is 6.54 Å². The Balaban J connectivity index is 2.29. The second-order valence-electron chi connectivity index (χ2n) is 4.04. The lowest BCUT2D eigenvalue weighted by Gasteiger charge is -2.06. The van der Waals surface area contributed by atoms with Crippen molar-refractivity contribution in [2.24, 2.45) is 0 Å². The molecule has 3 nitrogen and oxygen atoms in total. The molecule has 88 valence electrons. The van der Waals surface area contributed by atoms with Crippen LogP contribution < -0.4 is 4.87 Å². The van der Waals surface area contributed by atoms with Gasteiger partial charge in [-0.3, -0.25) is 14.2 Å². The maximum Gasteiger partial charge on any atom is 0.307 e. The number of aryl methyl sites for hydroxylation is 2. The van der Waals surface area contributed by atoms with Crippen molar-refractivity contribution in [2.75, 3.05) is 0 Å². The number of carbonyl (C=O) groups excluding carboxylic acids is 1. The summed E-state index contributed by atoms with van der Waals surface area (Å²) in [5.41, 5.74) is 2.70. The summed E-state index contributed by atoms with van der Waals surface area (Å²) in [6.07, 6.45) is 1.65. The van der Waals surface area contributed by atoms with Gasteiger partial charge in [0, 0.05) is 17.1 Å². The van der Waals surface area contributed by atoms with Crippen LogP contribution in [0.3, 0.4) is 0 Å². The highest BCUT2D eigenvalue weighted by Crippen LogP contribution is 2.12. The predicted molar refractivity (Wildman–Crippen MR) is 68.8 cm³/mol. The molecule has 0 atom stereocenters. The van der Waals surface area contributed by atoms with Gasteiger partial charge in [0.25, 0.3) is 0 Å². The number of nitrogens with zero attached hydrogens (tertiary/aromatic N) is 1. The van der Waals surface area contributed by atoms with Gasteiger partial charge in [-0.2, -0.15) is 0 Å². The Kier molecular flexibility index (Phi) is 3.24. The van der Waals surface area contributed by atoms with Gasteiger partial charge in [-0.1, -0.05) is 29.0 Å². The second kappa shape index (κ2) is 4.67. The SMILES string of the molecule is Cc1ccc(C)c(C(=O)Cn2ccsc2=O)c1. The molecule has 0 amide bonds. The maximum atomic E-state index is 12.1. The lowest BCUT2D eigenvalue weighted by molar-refractivity contribution is 0.0971. The van der Waals surface area contributed by atoms with Crippen molar-refractivity contribution < 1.29 is 4.79 Å². The molecule has 0 bridgehead atoms. The third-order valence-corrected chi connectivity index (χ3v) is 3.35. The molecule has 1 heterocycles. The maximum absolute atomic E-state index is 12.1. The highest BCUT2D eigenvalue weighted by molar-refractivity contribution is 7.07. The zero-order valence-corrected chi connectivity index (χ0v) is 10.6. The van der Waals surface area contributed by atoms with Gasteiger partial charge in [0.1, 0.15) is 0 Å². The molecule has 0 spiro atoms. The predicted octanol–water partition coefficient (Wildman–Crippen LogP) is 2.41. The van der Waals surface area contributed by atoms with Gasteiger partial charge in [0.2, 0.25) is 0 Å². The normalized spacial score (nSPS) is 10.5. The largest absolute Gasteiger partial charge is 0.307 e. The topological polar surface area (TPSA) is 39.1 Å². The summed E-state index contributed by atoms with van der Waals surface area (Å²) >= 11 is 1.10. The monoisotopic (exact) mass is 247 g/mol. The third kappa shape index (κ3) is 2.53. The van der Waals surface area contributed by atoms with E-state index in [9.17, 15) is 9.59 Å². The van der Waals surface area contributed by atoms with Gasteiger partial charge in [0.05, 0.1) is 6.54 Å². The van der Waals surface area contributed by atoms with E-state index in [1.54, 1.807) is 11.6 Å². The Hall–Kier alpha value is -1.68. The van der Waals surface area contributed by atoms with Crippen LogP contribution in [0.5, 0.6) is 0 Å². The molecule has 2 aromatic rings. The quantitative estimate of drug-likeness (QED) is 0.781.